The summed E-state index contributed by atoms with van der Waals surface area (Å²) in [6, 6.07) is 15.1. The van der Waals surface area contributed by atoms with Gasteiger partial charge < -0.3 is 0 Å². The molecule has 0 fully saturated rings. The van der Waals surface area contributed by atoms with Crippen LogP contribution in [0, 0.1) is 0 Å². The second-order valence-corrected chi connectivity index (χ2v) is 5.61. The van der Waals surface area contributed by atoms with Gasteiger partial charge in [0.25, 0.3) is 5.82 Å². The Labute approximate surface area is 121 Å². The minimum Gasteiger partial charge on any atom is -0.264 e. The lowest BCUT2D eigenvalue weighted by Gasteiger charge is -2.28. The van der Waals surface area contributed by atoms with Crippen LogP contribution < -0.4 is 9.47 Å². The van der Waals surface area contributed by atoms with Gasteiger partial charge in [-0.15, -0.1) is 0 Å². The van der Waals surface area contributed by atoms with Crippen molar-refractivity contribution in [2.75, 3.05) is 11.9 Å². The third-order valence-electron chi connectivity index (χ3n) is 4.29. The third-order valence-corrected chi connectivity index (χ3v) is 4.29. The van der Waals surface area contributed by atoms with Crippen molar-refractivity contribution < 1.29 is 4.57 Å². The van der Waals surface area contributed by atoms with E-state index < -0.39 is 0 Å². The van der Waals surface area contributed by atoms with Crippen LogP contribution in [0.3, 0.4) is 0 Å². The van der Waals surface area contributed by atoms with E-state index in [2.05, 4.69) is 84.0 Å². The van der Waals surface area contributed by atoms with Gasteiger partial charge in [-0.05, 0) is 31.2 Å². The highest BCUT2D eigenvalue weighted by Gasteiger charge is 2.31. The van der Waals surface area contributed by atoms with Gasteiger partial charge >= 0.3 is 0 Å². The van der Waals surface area contributed by atoms with E-state index in [-0.39, 0.29) is 0 Å². The molecule has 104 valence electrons. The van der Waals surface area contributed by atoms with Gasteiger partial charge in [0.15, 0.2) is 0 Å². The lowest BCUT2D eigenvalue weighted by atomic mass is 10.1. The van der Waals surface area contributed by atoms with E-state index in [1.54, 1.807) is 0 Å². The number of rotatable bonds is 1. The van der Waals surface area contributed by atoms with Crippen molar-refractivity contribution in [3.05, 3.63) is 59.8 Å². The van der Waals surface area contributed by atoms with E-state index in [1.807, 2.05) is 0 Å². The van der Waals surface area contributed by atoms with Crippen LogP contribution in [0.4, 0.5) is 5.82 Å². The molecule has 1 aliphatic rings. The molecule has 3 nitrogen and oxygen atoms in total. The van der Waals surface area contributed by atoms with Crippen LogP contribution in [0.5, 0.6) is 0 Å². The summed E-state index contributed by atoms with van der Waals surface area (Å²) in [6.45, 7) is 4.24. The number of fused-ring (bicyclic) bond motifs is 1. The molecule has 1 aromatic carbocycles. The molecule has 0 amide bonds. The van der Waals surface area contributed by atoms with Crippen LogP contribution in [0.25, 0.3) is 0 Å². The number of hydrogen-bond acceptors (Lipinski definition) is 2. The minimum atomic E-state index is 0.371. The van der Waals surface area contributed by atoms with Crippen molar-refractivity contribution in [1.82, 2.24) is 4.90 Å². The molecule has 0 N–H and O–H groups in total. The van der Waals surface area contributed by atoms with E-state index in [9.17, 15) is 0 Å². The summed E-state index contributed by atoms with van der Waals surface area (Å²) in [6.07, 6.45) is 2.48. The molecule has 0 spiro atoms. The quantitative estimate of drug-likeness (QED) is 0.735. The minimum absolute atomic E-state index is 0.371. The standard InChI is InChI=1S/C17H22N3/c1-14-19(3)12-15-8-4-5-9-16(15)13-20(14)17-10-6-7-11-18(17)2/h4-11,14H,12-13H2,1-3H3/q+1. The lowest BCUT2D eigenvalue weighted by Crippen LogP contribution is -2.47. The van der Waals surface area contributed by atoms with Crippen molar-refractivity contribution in [3.63, 3.8) is 0 Å². The highest BCUT2D eigenvalue weighted by molar-refractivity contribution is 5.39. The molecule has 3 rings (SSSR count). The Morgan fingerprint density at radius 2 is 1.65 bits per heavy atom. The molecule has 1 aromatic heterocycles. The van der Waals surface area contributed by atoms with Crippen LogP contribution >= 0.6 is 0 Å². The fraction of sp³-hybridized carbons (Fsp3) is 0.353. The maximum absolute atomic E-state index is 2.46. The summed E-state index contributed by atoms with van der Waals surface area (Å²) in [5.41, 5.74) is 2.86. The van der Waals surface area contributed by atoms with E-state index in [0.717, 1.165) is 13.1 Å². The van der Waals surface area contributed by atoms with Crippen molar-refractivity contribution in [1.29, 1.82) is 0 Å². The molecule has 2 aromatic rings. The molecule has 1 unspecified atom stereocenters. The van der Waals surface area contributed by atoms with E-state index in [0.29, 0.717) is 6.17 Å². The molecule has 1 atom stereocenters. The molecule has 0 bridgehead atoms. The highest BCUT2D eigenvalue weighted by atomic mass is 15.4. The number of nitrogens with zero attached hydrogens (tertiary/aromatic N) is 3. The van der Waals surface area contributed by atoms with Crippen LogP contribution in [-0.4, -0.2) is 18.1 Å². The van der Waals surface area contributed by atoms with E-state index in [1.165, 1.54) is 16.9 Å². The van der Waals surface area contributed by atoms with Crippen molar-refractivity contribution in [2.24, 2.45) is 7.05 Å². The zero-order chi connectivity index (χ0) is 14.1. The number of aromatic nitrogens is 1. The Hall–Kier alpha value is -1.87. The van der Waals surface area contributed by atoms with Crippen molar-refractivity contribution >= 4 is 5.82 Å². The van der Waals surface area contributed by atoms with Gasteiger partial charge in [0.05, 0.1) is 13.2 Å². The Morgan fingerprint density at radius 1 is 1.00 bits per heavy atom. The zero-order valence-electron chi connectivity index (χ0n) is 12.5. The Morgan fingerprint density at radius 3 is 2.35 bits per heavy atom. The lowest BCUT2D eigenvalue weighted by molar-refractivity contribution is -0.659. The summed E-state index contributed by atoms with van der Waals surface area (Å²) in [5.74, 6) is 1.25. The van der Waals surface area contributed by atoms with E-state index in [4.69, 9.17) is 0 Å². The fourth-order valence-corrected chi connectivity index (χ4v) is 2.91. The van der Waals surface area contributed by atoms with Gasteiger partial charge in [-0.3, -0.25) is 4.90 Å². The van der Waals surface area contributed by atoms with Gasteiger partial charge in [0, 0.05) is 12.6 Å². The normalized spacial score (nSPS) is 19.6. The first-order valence-corrected chi connectivity index (χ1v) is 7.15. The van der Waals surface area contributed by atoms with Crippen LogP contribution in [-0.2, 0) is 20.1 Å². The molecule has 1 aliphatic heterocycles. The van der Waals surface area contributed by atoms with Crippen molar-refractivity contribution in [2.45, 2.75) is 26.2 Å². The topological polar surface area (TPSA) is 10.4 Å². The summed E-state index contributed by atoms with van der Waals surface area (Å²) < 4.78 is 2.19. The Balaban J connectivity index is 2.04. The highest BCUT2D eigenvalue weighted by Crippen LogP contribution is 2.24. The molecular formula is C17H22N3+. The van der Waals surface area contributed by atoms with Crippen molar-refractivity contribution in [3.8, 4) is 0 Å². The van der Waals surface area contributed by atoms with Crippen LogP contribution in [0.15, 0.2) is 48.7 Å². The van der Waals surface area contributed by atoms with Gasteiger partial charge in [0.1, 0.15) is 12.7 Å². The maximum Gasteiger partial charge on any atom is 0.277 e. The first-order valence-electron chi connectivity index (χ1n) is 7.15. The van der Waals surface area contributed by atoms with Crippen LogP contribution in [0.2, 0.25) is 0 Å². The Bertz CT molecular complexity index is 609. The largest absolute Gasteiger partial charge is 0.277 e. The SMILES string of the molecule is CC1N(C)Cc2ccccc2CN1c1cccc[n+]1C. The van der Waals surface area contributed by atoms with Crippen LogP contribution in [0.1, 0.15) is 18.1 Å². The van der Waals surface area contributed by atoms with Gasteiger partial charge in [-0.2, -0.15) is 0 Å². The summed E-state index contributed by atoms with van der Waals surface area (Å²) in [7, 11) is 4.31. The molecule has 0 saturated carbocycles. The second kappa shape index (κ2) is 5.25. The smallest absolute Gasteiger partial charge is 0.264 e. The first-order chi connectivity index (χ1) is 9.66. The summed E-state index contributed by atoms with van der Waals surface area (Å²) in [5, 5.41) is 0. The van der Waals surface area contributed by atoms with Gasteiger partial charge in [-0.1, -0.05) is 30.3 Å². The average Bonchev–Trinajstić information content (AvgIpc) is 2.58. The Kier molecular flexibility index (Phi) is 3.45. The molecule has 20 heavy (non-hydrogen) atoms. The summed E-state index contributed by atoms with van der Waals surface area (Å²) >= 11 is 0. The van der Waals surface area contributed by atoms with Gasteiger partial charge in [-0.25, -0.2) is 9.47 Å². The maximum atomic E-state index is 2.46. The number of pyridine rings is 1. The monoisotopic (exact) mass is 268 g/mol. The summed E-state index contributed by atoms with van der Waals surface area (Å²) in [4.78, 5) is 4.87. The number of aryl methyl sites for hydroxylation is 1. The predicted molar refractivity (Wildman–Crippen MR) is 81.2 cm³/mol. The molecule has 0 saturated heterocycles. The first kappa shape index (κ1) is 13.1. The third kappa shape index (κ3) is 2.29. The molecule has 0 aliphatic carbocycles. The predicted octanol–water partition coefficient (Wildman–Crippen LogP) is 2.31. The van der Waals surface area contributed by atoms with Gasteiger partial charge in [0.2, 0.25) is 0 Å². The van der Waals surface area contributed by atoms with E-state index >= 15 is 0 Å². The number of hydrogen-bond donors (Lipinski definition) is 0. The molecule has 2 heterocycles. The second-order valence-electron chi connectivity index (χ2n) is 5.61. The molecule has 0 radical (unpaired) electrons. The zero-order valence-corrected chi connectivity index (χ0v) is 12.5. The average molecular weight is 268 g/mol. The number of anilines is 1. The number of benzene rings is 1. The fourth-order valence-electron chi connectivity index (χ4n) is 2.91. The molecule has 3 heteroatoms. The molecular weight excluding hydrogens is 246 g/mol.